The number of benzene rings is 1. The molecule has 1 fully saturated rings. The van der Waals surface area contributed by atoms with Gasteiger partial charge in [0.2, 0.25) is 0 Å². The molecule has 1 aromatic carbocycles. The molecule has 0 unspecified atom stereocenters. The van der Waals surface area contributed by atoms with Crippen molar-refractivity contribution in [2.75, 3.05) is 6.54 Å². The molecule has 2 N–H and O–H groups in total. The highest BCUT2D eigenvalue weighted by Crippen LogP contribution is 2.41. The largest absolute Gasteiger partial charge is 0.445 e. The average molecular weight is 319 g/mol. The number of carbonyl (C=O) groups is 1. The van der Waals surface area contributed by atoms with Crippen LogP contribution in [0.15, 0.2) is 30.3 Å². The van der Waals surface area contributed by atoms with E-state index in [-0.39, 0.29) is 18.6 Å². The molecular formula is C19H29NO3. The van der Waals surface area contributed by atoms with Crippen molar-refractivity contribution in [2.24, 2.45) is 11.3 Å². The van der Waals surface area contributed by atoms with E-state index in [4.69, 9.17) is 4.74 Å². The third kappa shape index (κ3) is 5.54. The van der Waals surface area contributed by atoms with Crippen molar-refractivity contribution >= 4 is 6.09 Å². The maximum atomic E-state index is 11.8. The molecule has 1 aliphatic rings. The zero-order valence-corrected chi connectivity index (χ0v) is 14.5. The molecule has 4 nitrogen and oxygen atoms in total. The Hall–Kier alpha value is -1.55. The second-order valence-corrected chi connectivity index (χ2v) is 7.78. The standard InChI is InChI=1S/C19H29NO3/c1-18(2,3)16-9-11-19(22,12-10-16)14-20-17(21)23-13-15-7-5-4-6-8-15/h4-8,16,22H,9-14H2,1-3H3,(H,20,21). The van der Waals surface area contributed by atoms with Crippen LogP contribution in [0, 0.1) is 11.3 Å². The lowest BCUT2D eigenvalue weighted by Crippen LogP contribution is -2.46. The fraction of sp³-hybridized carbons (Fsp3) is 0.632. The maximum Gasteiger partial charge on any atom is 0.407 e. The van der Waals surface area contributed by atoms with E-state index in [0.29, 0.717) is 5.92 Å². The first-order valence-electron chi connectivity index (χ1n) is 8.45. The Labute approximate surface area is 139 Å². The topological polar surface area (TPSA) is 58.6 Å². The Morgan fingerprint density at radius 3 is 2.43 bits per heavy atom. The number of carbonyl (C=O) groups excluding carboxylic acids is 1. The second kappa shape index (κ2) is 7.35. The van der Waals surface area contributed by atoms with Gasteiger partial charge < -0.3 is 15.2 Å². The molecule has 1 saturated carbocycles. The highest BCUT2D eigenvalue weighted by molar-refractivity contribution is 5.67. The van der Waals surface area contributed by atoms with Crippen LogP contribution in [0.1, 0.15) is 52.0 Å². The molecule has 4 heteroatoms. The summed E-state index contributed by atoms with van der Waals surface area (Å²) in [7, 11) is 0. The van der Waals surface area contributed by atoms with E-state index in [1.54, 1.807) is 0 Å². The van der Waals surface area contributed by atoms with Gasteiger partial charge in [0, 0.05) is 6.54 Å². The third-order valence-electron chi connectivity index (χ3n) is 4.92. The third-order valence-corrected chi connectivity index (χ3v) is 4.92. The van der Waals surface area contributed by atoms with Crippen LogP contribution in [0.3, 0.4) is 0 Å². The molecule has 2 rings (SSSR count). The Kier molecular flexibility index (Phi) is 5.69. The molecule has 1 aromatic rings. The van der Waals surface area contributed by atoms with E-state index in [1.165, 1.54) is 0 Å². The van der Waals surface area contributed by atoms with Crippen LogP contribution in [-0.4, -0.2) is 23.3 Å². The van der Waals surface area contributed by atoms with Crippen molar-refractivity contribution in [1.82, 2.24) is 5.32 Å². The van der Waals surface area contributed by atoms with Gasteiger partial charge in [-0.3, -0.25) is 0 Å². The number of alkyl carbamates (subject to hydrolysis) is 1. The number of nitrogens with one attached hydrogen (secondary N) is 1. The molecule has 0 bridgehead atoms. The van der Waals surface area contributed by atoms with Crippen LogP contribution >= 0.6 is 0 Å². The summed E-state index contributed by atoms with van der Waals surface area (Å²) in [5, 5.41) is 13.3. The summed E-state index contributed by atoms with van der Waals surface area (Å²) < 4.78 is 5.18. The first kappa shape index (κ1) is 17.8. The van der Waals surface area contributed by atoms with Crippen LogP contribution in [-0.2, 0) is 11.3 Å². The van der Waals surface area contributed by atoms with Gasteiger partial charge in [0.05, 0.1) is 5.60 Å². The van der Waals surface area contributed by atoms with Gasteiger partial charge in [-0.15, -0.1) is 0 Å². The van der Waals surface area contributed by atoms with Crippen molar-refractivity contribution < 1.29 is 14.6 Å². The van der Waals surface area contributed by atoms with Crippen LogP contribution in [0.2, 0.25) is 0 Å². The Balaban J connectivity index is 1.72. The lowest BCUT2D eigenvalue weighted by atomic mass is 9.68. The number of amides is 1. The van der Waals surface area contributed by atoms with Crippen molar-refractivity contribution in [3.05, 3.63) is 35.9 Å². The first-order chi connectivity index (χ1) is 10.8. The lowest BCUT2D eigenvalue weighted by Gasteiger charge is -2.41. The average Bonchev–Trinajstić information content (AvgIpc) is 2.51. The summed E-state index contributed by atoms with van der Waals surface area (Å²) in [6.07, 6.45) is 2.99. The molecule has 0 atom stereocenters. The molecule has 23 heavy (non-hydrogen) atoms. The van der Waals surface area contributed by atoms with Gasteiger partial charge in [-0.1, -0.05) is 51.1 Å². The smallest absolute Gasteiger partial charge is 0.407 e. The van der Waals surface area contributed by atoms with Crippen LogP contribution in [0.5, 0.6) is 0 Å². The predicted octanol–water partition coefficient (Wildman–Crippen LogP) is 3.88. The molecule has 0 radical (unpaired) electrons. The van der Waals surface area contributed by atoms with Crippen LogP contribution in [0.4, 0.5) is 4.79 Å². The molecule has 0 aromatic heterocycles. The number of hydrogen-bond acceptors (Lipinski definition) is 3. The lowest BCUT2D eigenvalue weighted by molar-refractivity contribution is -0.0237. The maximum absolute atomic E-state index is 11.8. The summed E-state index contributed by atoms with van der Waals surface area (Å²) in [5.74, 6) is 0.632. The number of rotatable bonds is 4. The minimum atomic E-state index is -0.798. The van der Waals surface area contributed by atoms with E-state index in [2.05, 4.69) is 26.1 Å². The Morgan fingerprint density at radius 2 is 1.87 bits per heavy atom. The second-order valence-electron chi connectivity index (χ2n) is 7.78. The molecule has 0 spiro atoms. The van der Waals surface area contributed by atoms with Gasteiger partial charge in [-0.05, 0) is 42.6 Å². The molecule has 128 valence electrons. The van der Waals surface area contributed by atoms with Gasteiger partial charge in [-0.25, -0.2) is 4.79 Å². The number of ether oxygens (including phenoxy) is 1. The normalized spacial score (nSPS) is 25.0. The molecule has 0 aliphatic heterocycles. The minimum absolute atomic E-state index is 0.247. The van der Waals surface area contributed by atoms with Gasteiger partial charge in [0.1, 0.15) is 6.61 Å². The van der Waals surface area contributed by atoms with Gasteiger partial charge >= 0.3 is 6.09 Å². The highest BCUT2D eigenvalue weighted by atomic mass is 16.5. The van der Waals surface area contributed by atoms with E-state index in [0.717, 1.165) is 31.2 Å². The molecule has 1 amide bonds. The minimum Gasteiger partial charge on any atom is -0.445 e. The van der Waals surface area contributed by atoms with Gasteiger partial charge in [0.25, 0.3) is 0 Å². The van der Waals surface area contributed by atoms with Crippen molar-refractivity contribution in [3.8, 4) is 0 Å². The fourth-order valence-corrected chi connectivity index (χ4v) is 3.21. The predicted molar refractivity (Wildman–Crippen MR) is 91.0 cm³/mol. The van der Waals surface area contributed by atoms with Crippen molar-refractivity contribution in [2.45, 2.75) is 58.7 Å². The molecule has 0 heterocycles. The molecule has 1 aliphatic carbocycles. The van der Waals surface area contributed by atoms with Crippen LogP contribution < -0.4 is 5.32 Å². The van der Waals surface area contributed by atoms with Crippen molar-refractivity contribution in [1.29, 1.82) is 0 Å². The van der Waals surface area contributed by atoms with Gasteiger partial charge in [-0.2, -0.15) is 0 Å². The molecule has 0 saturated heterocycles. The van der Waals surface area contributed by atoms with Gasteiger partial charge in [0.15, 0.2) is 0 Å². The van der Waals surface area contributed by atoms with E-state index >= 15 is 0 Å². The van der Waals surface area contributed by atoms with E-state index in [9.17, 15) is 9.90 Å². The van der Waals surface area contributed by atoms with Crippen molar-refractivity contribution in [3.63, 3.8) is 0 Å². The SMILES string of the molecule is CC(C)(C)C1CCC(O)(CNC(=O)OCc2ccccc2)CC1. The number of aliphatic hydroxyl groups is 1. The Bertz CT molecular complexity index is 499. The summed E-state index contributed by atoms with van der Waals surface area (Å²) in [5.41, 5.74) is 0.434. The zero-order chi connectivity index (χ0) is 16.9. The zero-order valence-electron chi connectivity index (χ0n) is 14.5. The summed E-state index contributed by atoms with van der Waals surface area (Å²) in [6, 6.07) is 9.57. The van der Waals surface area contributed by atoms with E-state index < -0.39 is 11.7 Å². The highest BCUT2D eigenvalue weighted by Gasteiger charge is 2.37. The quantitative estimate of drug-likeness (QED) is 0.885. The summed E-state index contributed by atoms with van der Waals surface area (Å²) in [4.78, 5) is 11.8. The first-order valence-corrected chi connectivity index (χ1v) is 8.45. The monoisotopic (exact) mass is 319 g/mol. The Morgan fingerprint density at radius 1 is 1.26 bits per heavy atom. The van der Waals surface area contributed by atoms with Crippen LogP contribution in [0.25, 0.3) is 0 Å². The summed E-state index contributed by atoms with van der Waals surface area (Å²) >= 11 is 0. The van der Waals surface area contributed by atoms with E-state index in [1.807, 2.05) is 30.3 Å². The molecular weight excluding hydrogens is 290 g/mol. The summed E-state index contributed by atoms with van der Waals surface area (Å²) in [6.45, 7) is 7.26. The number of hydrogen-bond donors (Lipinski definition) is 2. The fourth-order valence-electron chi connectivity index (χ4n) is 3.21.